The molecule has 1 aromatic carbocycles. The summed E-state index contributed by atoms with van der Waals surface area (Å²) in [5.41, 5.74) is -0.980. The highest BCUT2D eigenvalue weighted by molar-refractivity contribution is 5.36. The molecule has 0 bridgehead atoms. The number of hydrogen-bond donors (Lipinski definition) is 2. The van der Waals surface area contributed by atoms with Gasteiger partial charge in [-0.05, 0) is 12.8 Å². The van der Waals surface area contributed by atoms with Crippen molar-refractivity contribution in [3.05, 3.63) is 39.7 Å². The molecule has 0 atom stereocenters. The van der Waals surface area contributed by atoms with Crippen LogP contribution in [0.4, 0.5) is 10.1 Å². The predicted molar refractivity (Wildman–Crippen MR) is 68.2 cm³/mol. The van der Waals surface area contributed by atoms with Crippen molar-refractivity contribution in [2.24, 2.45) is 0 Å². The van der Waals surface area contributed by atoms with Gasteiger partial charge in [0.25, 0.3) is 0 Å². The molecule has 1 aromatic rings. The van der Waals surface area contributed by atoms with Crippen LogP contribution >= 0.6 is 0 Å². The highest BCUT2D eigenvalue weighted by atomic mass is 19.1. The van der Waals surface area contributed by atoms with Gasteiger partial charge in [-0.15, -0.1) is 0 Å². The van der Waals surface area contributed by atoms with Crippen LogP contribution in [0.5, 0.6) is 0 Å². The summed E-state index contributed by atoms with van der Waals surface area (Å²) in [5.74, 6) is -0.807. The van der Waals surface area contributed by atoms with E-state index in [9.17, 15) is 19.6 Å². The average Bonchev–Trinajstić information content (AvgIpc) is 2.78. The van der Waals surface area contributed by atoms with Crippen molar-refractivity contribution >= 4 is 5.69 Å². The SMILES string of the molecule is O=[N+]([O-])c1cccc(CNCC2(O)CCCC2)c1F. The molecule has 1 aliphatic rings. The van der Waals surface area contributed by atoms with Gasteiger partial charge in [0.2, 0.25) is 5.82 Å². The Bertz CT molecular complexity index is 473. The number of aliphatic hydroxyl groups is 1. The third-order valence-corrected chi connectivity index (χ3v) is 3.56. The Hall–Kier alpha value is -1.53. The molecule has 2 N–H and O–H groups in total. The maximum atomic E-state index is 13.8. The van der Waals surface area contributed by atoms with Crippen LogP contribution in [-0.4, -0.2) is 22.2 Å². The molecule has 0 spiro atoms. The highest BCUT2D eigenvalue weighted by Crippen LogP contribution is 2.28. The van der Waals surface area contributed by atoms with Gasteiger partial charge in [-0.3, -0.25) is 10.1 Å². The zero-order valence-corrected chi connectivity index (χ0v) is 10.6. The van der Waals surface area contributed by atoms with Crippen molar-refractivity contribution in [1.82, 2.24) is 5.32 Å². The van der Waals surface area contributed by atoms with Crippen molar-refractivity contribution in [2.75, 3.05) is 6.54 Å². The van der Waals surface area contributed by atoms with Gasteiger partial charge in [0, 0.05) is 24.7 Å². The summed E-state index contributed by atoms with van der Waals surface area (Å²) < 4.78 is 13.8. The van der Waals surface area contributed by atoms with Gasteiger partial charge in [-0.25, -0.2) is 0 Å². The molecule has 1 fully saturated rings. The van der Waals surface area contributed by atoms with E-state index >= 15 is 0 Å². The predicted octanol–water partition coefficient (Wildman–Crippen LogP) is 2.13. The Balaban J connectivity index is 1.96. The molecule has 104 valence electrons. The molecule has 2 rings (SSSR count). The van der Waals surface area contributed by atoms with Gasteiger partial charge in [-0.2, -0.15) is 4.39 Å². The number of nitrogens with one attached hydrogen (secondary N) is 1. The quantitative estimate of drug-likeness (QED) is 0.633. The minimum absolute atomic E-state index is 0.176. The van der Waals surface area contributed by atoms with Crippen LogP contribution in [0.15, 0.2) is 18.2 Å². The Morgan fingerprint density at radius 2 is 2.11 bits per heavy atom. The third kappa shape index (κ3) is 3.27. The zero-order valence-electron chi connectivity index (χ0n) is 10.6. The van der Waals surface area contributed by atoms with E-state index in [1.165, 1.54) is 12.1 Å². The summed E-state index contributed by atoms with van der Waals surface area (Å²) in [6, 6.07) is 4.11. The number of halogens is 1. The van der Waals surface area contributed by atoms with Crippen molar-refractivity contribution in [3.8, 4) is 0 Å². The second kappa shape index (κ2) is 5.63. The zero-order chi connectivity index (χ0) is 13.9. The standard InChI is InChI=1S/C13H17FN2O3/c14-12-10(4-3-5-11(12)16(18)19)8-15-9-13(17)6-1-2-7-13/h3-5,15,17H,1-2,6-9H2. The molecule has 0 heterocycles. The first kappa shape index (κ1) is 13.9. The lowest BCUT2D eigenvalue weighted by Crippen LogP contribution is -2.37. The van der Waals surface area contributed by atoms with Crippen molar-refractivity contribution in [1.29, 1.82) is 0 Å². The van der Waals surface area contributed by atoms with Crippen LogP contribution in [0.3, 0.4) is 0 Å². The summed E-state index contributed by atoms with van der Waals surface area (Å²) in [5, 5.41) is 23.7. The molecular formula is C13H17FN2O3. The van der Waals surface area contributed by atoms with Gasteiger partial charge < -0.3 is 10.4 Å². The Morgan fingerprint density at radius 3 is 2.74 bits per heavy atom. The van der Waals surface area contributed by atoms with Crippen LogP contribution < -0.4 is 5.32 Å². The van der Waals surface area contributed by atoms with Crippen molar-refractivity contribution in [2.45, 2.75) is 37.8 Å². The van der Waals surface area contributed by atoms with Gasteiger partial charge in [-0.1, -0.05) is 25.0 Å². The minimum Gasteiger partial charge on any atom is -0.389 e. The lowest BCUT2D eigenvalue weighted by molar-refractivity contribution is -0.387. The molecule has 1 saturated carbocycles. The molecule has 0 aliphatic heterocycles. The van der Waals surface area contributed by atoms with Gasteiger partial charge in [0.15, 0.2) is 0 Å². The summed E-state index contributed by atoms with van der Waals surface area (Å²) >= 11 is 0. The minimum atomic E-state index is -0.807. The molecule has 19 heavy (non-hydrogen) atoms. The first-order chi connectivity index (χ1) is 9.02. The van der Waals surface area contributed by atoms with E-state index in [0.29, 0.717) is 6.54 Å². The van der Waals surface area contributed by atoms with Gasteiger partial charge >= 0.3 is 5.69 Å². The molecule has 6 heteroatoms. The first-order valence-electron chi connectivity index (χ1n) is 6.37. The number of nitro benzene ring substituents is 1. The number of nitro groups is 1. The fourth-order valence-electron chi connectivity index (χ4n) is 2.48. The number of rotatable bonds is 5. The fraction of sp³-hybridized carbons (Fsp3) is 0.538. The van der Waals surface area contributed by atoms with E-state index in [1.54, 1.807) is 0 Å². The molecule has 0 saturated heterocycles. The monoisotopic (exact) mass is 268 g/mol. The second-order valence-corrected chi connectivity index (χ2v) is 5.04. The van der Waals surface area contributed by atoms with E-state index < -0.39 is 22.0 Å². The molecule has 0 amide bonds. The van der Waals surface area contributed by atoms with Crippen molar-refractivity contribution in [3.63, 3.8) is 0 Å². The van der Waals surface area contributed by atoms with Crippen LogP contribution in [0.25, 0.3) is 0 Å². The number of benzene rings is 1. The topological polar surface area (TPSA) is 75.4 Å². The Morgan fingerprint density at radius 1 is 1.42 bits per heavy atom. The van der Waals surface area contributed by atoms with E-state index in [1.807, 2.05) is 0 Å². The van der Waals surface area contributed by atoms with Crippen LogP contribution in [0.2, 0.25) is 0 Å². The van der Waals surface area contributed by atoms with Crippen LogP contribution in [-0.2, 0) is 6.54 Å². The Kier molecular flexibility index (Phi) is 4.11. The van der Waals surface area contributed by atoms with E-state index in [-0.39, 0.29) is 12.1 Å². The van der Waals surface area contributed by atoms with E-state index in [0.717, 1.165) is 31.7 Å². The van der Waals surface area contributed by atoms with E-state index in [4.69, 9.17) is 0 Å². The summed E-state index contributed by atoms with van der Waals surface area (Å²) in [6.07, 6.45) is 3.50. The molecular weight excluding hydrogens is 251 g/mol. The number of hydrogen-bond acceptors (Lipinski definition) is 4. The molecule has 0 unspecified atom stereocenters. The van der Waals surface area contributed by atoms with Crippen LogP contribution in [0.1, 0.15) is 31.2 Å². The number of nitrogens with zero attached hydrogens (tertiary/aromatic N) is 1. The normalized spacial score (nSPS) is 17.6. The average molecular weight is 268 g/mol. The largest absolute Gasteiger partial charge is 0.389 e. The van der Waals surface area contributed by atoms with E-state index in [2.05, 4.69) is 5.32 Å². The smallest absolute Gasteiger partial charge is 0.305 e. The Labute approximate surface area is 110 Å². The van der Waals surface area contributed by atoms with Gasteiger partial charge in [0.05, 0.1) is 10.5 Å². The maximum absolute atomic E-state index is 13.8. The molecule has 1 aliphatic carbocycles. The highest BCUT2D eigenvalue weighted by Gasteiger charge is 2.30. The first-order valence-corrected chi connectivity index (χ1v) is 6.37. The van der Waals surface area contributed by atoms with Gasteiger partial charge in [0.1, 0.15) is 0 Å². The summed E-state index contributed by atoms with van der Waals surface area (Å²) in [4.78, 5) is 9.88. The maximum Gasteiger partial charge on any atom is 0.305 e. The fourth-order valence-corrected chi connectivity index (χ4v) is 2.48. The molecule has 0 aromatic heterocycles. The van der Waals surface area contributed by atoms with Crippen LogP contribution in [0, 0.1) is 15.9 Å². The third-order valence-electron chi connectivity index (χ3n) is 3.56. The lowest BCUT2D eigenvalue weighted by atomic mass is 10.0. The lowest BCUT2D eigenvalue weighted by Gasteiger charge is -2.22. The second-order valence-electron chi connectivity index (χ2n) is 5.04. The summed E-state index contributed by atoms with van der Waals surface area (Å²) in [7, 11) is 0. The van der Waals surface area contributed by atoms with Crippen molar-refractivity contribution < 1.29 is 14.4 Å². The molecule has 5 nitrogen and oxygen atoms in total. The summed E-state index contributed by atoms with van der Waals surface area (Å²) in [6.45, 7) is 0.560. The molecule has 0 radical (unpaired) electrons.